The van der Waals surface area contributed by atoms with Crippen LogP contribution in [0.25, 0.3) is 44.3 Å². The zero-order chi connectivity index (χ0) is 27.8. The number of amides is 1. The van der Waals surface area contributed by atoms with Gasteiger partial charge in [0, 0.05) is 34.9 Å². The van der Waals surface area contributed by atoms with Crippen molar-refractivity contribution < 1.29 is 9.53 Å². The topological polar surface area (TPSA) is 47.4 Å². The van der Waals surface area contributed by atoms with E-state index in [1.165, 1.54) is 59.9 Å². The average molecular weight is 544 g/mol. The quantitative estimate of drug-likeness (QED) is 0.228. The highest BCUT2D eigenvalue weighted by molar-refractivity contribution is 5.96. The number of hydrogen-bond acceptors (Lipinski definition) is 3. The molecule has 1 saturated heterocycles. The summed E-state index contributed by atoms with van der Waals surface area (Å²) in [6.07, 6.45) is 6.24. The van der Waals surface area contributed by atoms with Crippen molar-refractivity contribution in [1.29, 1.82) is 0 Å². The molecule has 5 aromatic rings. The Morgan fingerprint density at radius 3 is 2.51 bits per heavy atom. The molecule has 2 aliphatic rings. The highest BCUT2D eigenvalue weighted by Crippen LogP contribution is 2.44. The van der Waals surface area contributed by atoms with Crippen LogP contribution in [0.5, 0.6) is 0 Å². The number of carbonyl (C=O) groups is 1. The number of nitrogens with zero attached hydrogens (tertiary/aromatic N) is 3. The van der Waals surface area contributed by atoms with Crippen LogP contribution in [-0.2, 0) is 16.1 Å². The van der Waals surface area contributed by atoms with Crippen LogP contribution in [0.2, 0.25) is 0 Å². The first-order valence-electron chi connectivity index (χ1n) is 15.1. The lowest BCUT2D eigenvalue weighted by molar-refractivity contribution is -0.135. The summed E-state index contributed by atoms with van der Waals surface area (Å²) < 4.78 is 7.82. The summed E-state index contributed by atoms with van der Waals surface area (Å²) in [6, 6.07) is 28.1. The Balaban J connectivity index is 1.37. The normalized spacial score (nSPS) is 16.5. The molecule has 0 bridgehead atoms. The first-order valence-corrected chi connectivity index (χ1v) is 15.1. The highest BCUT2D eigenvalue weighted by Gasteiger charge is 2.28. The summed E-state index contributed by atoms with van der Waals surface area (Å²) in [5, 5.41) is 2.41. The Labute approximate surface area is 241 Å². The van der Waals surface area contributed by atoms with Gasteiger partial charge in [0.2, 0.25) is 5.91 Å². The molecule has 1 saturated carbocycles. The number of fused-ring (bicyclic) bond motifs is 2. The molecule has 1 aliphatic carbocycles. The third kappa shape index (κ3) is 4.93. The molecule has 2 aromatic heterocycles. The first-order chi connectivity index (χ1) is 20.2. The fraction of sp³-hybridized carbons (Fsp3) is 0.333. The second-order valence-electron chi connectivity index (χ2n) is 11.6. The molecule has 1 aliphatic heterocycles. The van der Waals surface area contributed by atoms with Crippen molar-refractivity contribution in [2.24, 2.45) is 0 Å². The van der Waals surface area contributed by atoms with E-state index in [1.54, 1.807) is 0 Å². The number of ether oxygens (including phenoxy) is 1. The smallest absolute Gasteiger partial charge is 0.242 e. The monoisotopic (exact) mass is 543 g/mol. The average Bonchev–Trinajstić information content (AvgIpc) is 3.35. The number of benzene rings is 3. The van der Waals surface area contributed by atoms with E-state index < -0.39 is 0 Å². The summed E-state index contributed by atoms with van der Waals surface area (Å²) in [6.45, 7) is 5.02. The van der Waals surface area contributed by atoms with E-state index in [4.69, 9.17) is 9.72 Å². The zero-order valence-electron chi connectivity index (χ0n) is 23.8. The van der Waals surface area contributed by atoms with E-state index >= 15 is 0 Å². The van der Waals surface area contributed by atoms with E-state index in [9.17, 15) is 4.79 Å². The molecule has 3 aromatic carbocycles. The number of carbonyl (C=O) groups excluding carboxylic acids is 1. The summed E-state index contributed by atoms with van der Waals surface area (Å²) in [4.78, 5) is 20.6. The van der Waals surface area contributed by atoms with Crippen LogP contribution in [0, 0.1) is 6.92 Å². The van der Waals surface area contributed by atoms with Crippen molar-refractivity contribution in [1.82, 2.24) is 14.5 Å². The van der Waals surface area contributed by atoms with Gasteiger partial charge in [-0.25, -0.2) is 4.98 Å². The number of pyridine rings is 1. The van der Waals surface area contributed by atoms with Gasteiger partial charge in [-0.3, -0.25) is 4.79 Å². The number of aryl methyl sites for hydroxylation is 1. The van der Waals surface area contributed by atoms with Gasteiger partial charge in [0.15, 0.2) is 0 Å². The molecule has 2 fully saturated rings. The predicted octanol–water partition coefficient (Wildman–Crippen LogP) is 7.74. The Bertz CT molecular complexity index is 1720. The van der Waals surface area contributed by atoms with E-state index in [1.807, 2.05) is 4.90 Å². The highest BCUT2D eigenvalue weighted by atomic mass is 16.5. The maximum atomic E-state index is 13.6. The molecular formula is C36H37N3O2. The van der Waals surface area contributed by atoms with E-state index in [0.717, 1.165) is 27.7 Å². The van der Waals surface area contributed by atoms with Crippen LogP contribution in [0.1, 0.15) is 49.1 Å². The molecule has 7 rings (SSSR count). The summed E-state index contributed by atoms with van der Waals surface area (Å²) in [5.74, 6) is 0.663. The number of rotatable bonds is 5. The van der Waals surface area contributed by atoms with Crippen molar-refractivity contribution >= 4 is 27.7 Å². The minimum absolute atomic E-state index is 0.163. The van der Waals surface area contributed by atoms with E-state index in [2.05, 4.69) is 90.4 Å². The fourth-order valence-electron chi connectivity index (χ4n) is 6.94. The van der Waals surface area contributed by atoms with Crippen molar-refractivity contribution in [3.63, 3.8) is 0 Å². The third-order valence-corrected chi connectivity index (χ3v) is 9.06. The van der Waals surface area contributed by atoms with Gasteiger partial charge in [-0.05, 0) is 66.6 Å². The van der Waals surface area contributed by atoms with Crippen LogP contribution in [-0.4, -0.2) is 46.7 Å². The minimum Gasteiger partial charge on any atom is -0.378 e. The maximum absolute atomic E-state index is 13.6. The maximum Gasteiger partial charge on any atom is 0.242 e. The van der Waals surface area contributed by atoms with Gasteiger partial charge in [0.25, 0.3) is 0 Å². The molecule has 208 valence electrons. The van der Waals surface area contributed by atoms with E-state index in [-0.39, 0.29) is 5.91 Å². The lowest BCUT2D eigenvalue weighted by Gasteiger charge is -2.28. The number of aromatic nitrogens is 2. The Kier molecular flexibility index (Phi) is 7.05. The zero-order valence-corrected chi connectivity index (χ0v) is 23.8. The molecular weight excluding hydrogens is 506 g/mol. The second kappa shape index (κ2) is 11.1. The van der Waals surface area contributed by atoms with Crippen LogP contribution in [0.4, 0.5) is 0 Å². The third-order valence-electron chi connectivity index (χ3n) is 9.06. The standard InChI is InChI=1S/C36H37N3O2/c1-25-9-5-6-12-29(25)32-18-15-27-23-28(16-17-31(27)37-32)36-35(26-10-3-2-4-11-26)30-13-7-8-14-33(30)39(36)24-34(40)38-19-21-41-22-20-38/h5-9,12-18,23,26H,2-4,10-11,19-22,24H2,1H3. The summed E-state index contributed by atoms with van der Waals surface area (Å²) >= 11 is 0. The predicted molar refractivity (Wildman–Crippen MR) is 166 cm³/mol. The van der Waals surface area contributed by atoms with Gasteiger partial charge in [-0.2, -0.15) is 0 Å². The van der Waals surface area contributed by atoms with Crippen LogP contribution in [0.3, 0.4) is 0 Å². The Hall–Kier alpha value is -3.96. The molecule has 41 heavy (non-hydrogen) atoms. The first kappa shape index (κ1) is 26.0. The number of hydrogen-bond donors (Lipinski definition) is 0. The van der Waals surface area contributed by atoms with Crippen molar-refractivity contribution in [2.75, 3.05) is 26.3 Å². The van der Waals surface area contributed by atoms with Crippen molar-refractivity contribution in [3.8, 4) is 22.5 Å². The lowest BCUT2D eigenvalue weighted by Crippen LogP contribution is -2.42. The SMILES string of the molecule is Cc1ccccc1-c1ccc2cc(-c3c(C4CCCCC4)c4ccccc4n3CC(=O)N3CCOCC3)ccc2n1. The summed E-state index contributed by atoms with van der Waals surface area (Å²) in [5.41, 5.74) is 9.30. The molecule has 5 heteroatoms. The van der Waals surface area contributed by atoms with Crippen molar-refractivity contribution in [2.45, 2.75) is 51.5 Å². The van der Waals surface area contributed by atoms with Crippen molar-refractivity contribution in [3.05, 3.63) is 90.0 Å². The van der Waals surface area contributed by atoms with Gasteiger partial charge in [-0.1, -0.05) is 73.9 Å². The van der Waals surface area contributed by atoms with Crippen LogP contribution >= 0.6 is 0 Å². The Morgan fingerprint density at radius 1 is 0.902 bits per heavy atom. The minimum atomic E-state index is 0.163. The lowest BCUT2D eigenvalue weighted by atomic mass is 9.82. The van der Waals surface area contributed by atoms with Crippen LogP contribution < -0.4 is 0 Å². The Morgan fingerprint density at radius 2 is 1.68 bits per heavy atom. The molecule has 0 atom stereocenters. The van der Waals surface area contributed by atoms with Gasteiger partial charge < -0.3 is 14.2 Å². The van der Waals surface area contributed by atoms with Crippen LogP contribution in [0.15, 0.2) is 78.9 Å². The molecule has 3 heterocycles. The van der Waals surface area contributed by atoms with E-state index in [0.29, 0.717) is 38.8 Å². The summed E-state index contributed by atoms with van der Waals surface area (Å²) in [7, 11) is 0. The molecule has 5 nitrogen and oxygen atoms in total. The largest absolute Gasteiger partial charge is 0.378 e. The molecule has 0 N–H and O–H groups in total. The second-order valence-corrected chi connectivity index (χ2v) is 11.6. The fourth-order valence-corrected chi connectivity index (χ4v) is 6.94. The molecule has 0 unspecified atom stereocenters. The van der Waals surface area contributed by atoms with Gasteiger partial charge >= 0.3 is 0 Å². The van der Waals surface area contributed by atoms with Gasteiger partial charge in [0.1, 0.15) is 6.54 Å². The number of morpholine rings is 1. The molecule has 1 amide bonds. The molecule has 0 radical (unpaired) electrons. The number of para-hydroxylation sites is 1. The molecule has 0 spiro atoms. The van der Waals surface area contributed by atoms with Gasteiger partial charge in [0.05, 0.1) is 30.1 Å². The van der Waals surface area contributed by atoms with Gasteiger partial charge in [-0.15, -0.1) is 0 Å².